The molecule has 5 aromatic rings. The second-order valence-electron chi connectivity index (χ2n) is 5.55. The molecule has 116 valence electrons. The molecule has 5 heterocycles. The summed E-state index contributed by atoms with van der Waals surface area (Å²) in [6.45, 7) is 0. The van der Waals surface area contributed by atoms with E-state index in [-0.39, 0.29) is 0 Å². The SMILES string of the molecule is Cn1ccc(-c2ccc3scc(-c4ccc5ncnn5c4)c3n2)n1. The number of hydrogen-bond acceptors (Lipinski definition) is 5. The zero-order valence-corrected chi connectivity index (χ0v) is 13.6. The largest absolute Gasteiger partial charge is 0.275 e. The third-order valence-electron chi connectivity index (χ3n) is 3.98. The minimum absolute atomic E-state index is 0.834. The Morgan fingerprint density at radius 1 is 1.04 bits per heavy atom. The van der Waals surface area contributed by atoms with Gasteiger partial charge in [0.05, 0.1) is 15.9 Å². The van der Waals surface area contributed by atoms with Crippen LogP contribution in [0.2, 0.25) is 0 Å². The highest BCUT2D eigenvalue weighted by Crippen LogP contribution is 2.34. The lowest BCUT2D eigenvalue weighted by Crippen LogP contribution is -1.91. The molecule has 0 N–H and O–H groups in total. The van der Waals surface area contributed by atoms with Crippen LogP contribution in [0.15, 0.2) is 54.4 Å². The molecule has 6 nitrogen and oxygen atoms in total. The molecule has 7 heteroatoms. The molecule has 0 aliphatic rings. The Morgan fingerprint density at radius 3 is 2.88 bits per heavy atom. The van der Waals surface area contributed by atoms with Crippen LogP contribution in [-0.2, 0) is 7.05 Å². The Kier molecular flexibility index (Phi) is 2.77. The maximum absolute atomic E-state index is 4.85. The average molecular weight is 332 g/mol. The lowest BCUT2D eigenvalue weighted by atomic mass is 10.1. The number of rotatable bonds is 2. The summed E-state index contributed by atoms with van der Waals surface area (Å²) < 4.78 is 4.72. The third-order valence-corrected chi connectivity index (χ3v) is 4.92. The first-order chi connectivity index (χ1) is 11.8. The van der Waals surface area contributed by atoms with E-state index in [1.165, 1.54) is 0 Å². The van der Waals surface area contributed by atoms with Crippen molar-refractivity contribution >= 4 is 27.2 Å². The second-order valence-corrected chi connectivity index (χ2v) is 6.46. The molecule has 5 rings (SSSR count). The Balaban J connectivity index is 1.70. The topological polar surface area (TPSA) is 60.9 Å². The van der Waals surface area contributed by atoms with Gasteiger partial charge in [0.25, 0.3) is 0 Å². The van der Waals surface area contributed by atoms with Gasteiger partial charge in [0.2, 0.25) is 0 Å². The van der Waals surface area contributed by atoms with Crippen LogP contribution >= 0.6 is 11.3 Å². The smallest absolute Gasteiger partial charge is 0.155 e. The maximum atomic E-state index is 4.85. The predicted octanol–water partition coefficient (Wildman–Crippen LogP) is 3.41. The fraction of sp³-hybridized carbons (Fsp3) is 0.0588. The van der Waals surface area contributed by atoms with Crippen LogP contribution in [0.3, 0.4) is 0 Å². The van der Waals surface area contributed by atoms with Gasteiger partial charge < -0.3 is 0 Å². The highest BCUT2D eigenvalue weighted by Gasteiger charge is 2.12. The predicted molar refractivity (Wildman–Crippen MR) is 93.8 cm³/mol. The van der Waals surface area contributed by atoms with Gasteiger partial charge in [-0.15, -0.1) is 11.3 Å². The highest BCUT2D eigenvalue weighted by atomic mass is 32.1. The van der Waals surface area contributed by atoms with E-state index in [4.69, 9.17) is 4.98 Å². The van der Waals surface area contributed by atoms with Gasteiger partial charge in [-0.25, -0.2) is 14.5 Å². The van der Waals surface area contributed by atoms with Gasteiger partial charge in [-0.2, -0.15) is 10.2 Å². The second kappa shape index (κ2) is 4.97. The summed E-state index contributed by atoms with van der Waals surface area (Å²) in [7, 11) is 1.91. The quantitative estimate of drug-likeness (QED) is 0.497. The molecule has 0 atom stereocenters. The molecule has 0 aliphatic carbocycles. The molecule has 0 radical (unpaired) electrons. The van der Waals surface area contributed by atoms with Crippen LogP contribution < -0.4 is 0 Å². The van der Waals surface area contributed by atoms with Crippen molar-refractivity contribution in [2.45, 2.75) is 0 Å². The molecule has 0 saturated carbocycles. The van der Waals surface area contributed by atoms with E-state index < -0.39 is 0 Å². The van der Waals surface area contributed by atoms with Crippen molar-refractivity contribution in [3.05, 3.63) is 54.4 Å². The average Bonchev–Trinajstić information content (AvgIpc) is 3.32. The van der Waals surface area contributed by atoms with Crippen molar-refractivity contribution in [3.63, 3.8) is 0 Å². The van der Waals surface area contributed by atoms with E-state index in [9.17, 15) is 0 Å². The zero-order valence-electron chi connectivity index (χ0n) is 12.8. The number of nitrogens with zero attached hydrogens (tertiary/aromatic N) is 6. The van der Waals surface area contributed by atoms with Crippen LogP contribution in [0.1, 0.15) is 0 Å². The summed E-state index contributed by atoms with van der Waals surface area (Å²) in [4.78, 5) is 9.04. The molecule has 0 saturated heterocycles. The monoisotopic (exact) mass is 332 g/mol. The summed E-state index contributed by atoms with van der Waals surface area (Å²) in [6, 6.07) is 10.1. The van der Waals surface area contributed by atoms with Crippen LogP contribution in [0.4, 0.5) is 0 Å². The summed E-state index contributed by atoms with van der Waals surface area (Å²) >= 11 is 1.69. The van der Waals surface area contributed by atoms with E-state index >= 15 is 0 Å². The molecule has 0 spiro atoms. The number of hydrogen-bond donors (Lipinski definition) is 0. The van der Waals surface area contributed by atoms with Gasteiger partial charge in [-0.1, -0.05) is 0 Å². The number of aromatic nitrogens is 6. The van der Waals surface area contributed by atoms with Gasteiger partial charge in [-0.05, 0) is 30.3 Å². The first-order valence-corrected chi connectivity index (χ1v) is 8.34. The standard InChI is InChI=1S/C17H12N6S/c1-22-7-6-14(21-22)13-3-4-15-17(20-13)12(9-24-15)11-2-5-16-18-10-19-23(16)8-11/h2-10H,1H3. The van der Waals surface area contributed by atoms with Gasteiger partial charge in [0.1, 0.15) is 12.0 Å². The fourth-order valence-corrected chi connectivity index (χ4v) is 3.69. The summed E-state index contributed by atoms with van der Waals surface area (Å²) in [5, 5.41) is 10.8. The van der Waals surface area contributed by atoms with E-state index in [0.717, 1.165) is 38.4 Å². The van der Waals surface area contributed by atoms with Crippen molar-refractivity contribution in [3.8, 4) is 22.5 Å². The maximum Gasteiger partial charge on any atom is 0.155 e. The van der Waals surface area contributed by atoms with Crippen LogP contribution in [0.25, 0.3) is 38.4 Å². The molecular formula is C17H12N6S. The van der Waals surface area contributed by atoms with Crippen molar-refractivity contribution in [2.75, 3.05) is 0 Å². The van der Waals surface area contributed by atoms with Gasteiger partial charge in [0.15, 0.2) is 5.65 Å². The molecule has 0 aromatic carbocycles. The van der Waals surface area contributed by atoms with Gasteiger partial charge in [-0.3, -0.25) is 4.68 Å². The van der Waals surface area contributed by atoms with Crippen molar-refractivity contribution < 1.29 is 0 Å². The van der Waals surface area contributed by atoms with Gasteiger partial charge in [0, 0.05) is 35.9 Å². The normalized spacial score (nSPS) is 11.5. The Labute approximate surface area is 141 Å². The van der Waals surface area contributed by atoms with Crippen molar-refractivity contribution in [1.29, 1.82) is 0 Å². The fourth-order valence-electron chi connectivity index (χ4n) is 2.79. The molecule has 0 aliphatic heterocycles. The van der Waals surface area contributed by atoms with E-state index in [2.05, 4.69) is 32.7 Å². The summed E-state index contributed by atoms with van der Waals surface area (Å²) in [5.74, 6) is 0. The molecule has 0 fully saturated rings. The Morgan fingerprint density at radius 2 is 2.00 bits per heavy atom. The molecule has 0 bridgehead atoms. The minimum atomic E-state index is 0.834. The molecule has 0 unspecified atom stereocenters. The minimum Gasteiger partial charge on any atom is -0.275 e. The molecule has 24 heavy (non-hydrogen) atoms. The summed E-state index contributed by atoms with van der Waals surface area (Å²) in [6.07, 6.45) is 5.47. The highest BCUT2D eigenvalue weighted by molar-refractivity contribution is 7.17. The zero-order chi connectivity index (χ0) is 16.1. The number of fused-ring (bicyclic) bond motifs is 2. The third kappa shape index (κ3) is 2.02. The van der Waals surface area contributed by atoms with Crippen LogP contribution in [0.5, 0.6) is 0 Å². The number of aryl methyl sites for hydroxylation is 1. The van der Waals surface area contributed by atoms with Crippen LogP contribution in [-0.4, -0.2) is 29.4 Å². The number of pyridine rings is 2. The molecule has 5 aromatic heterocycles. The van der Waals surface area contributed by atoms with E-state index in [1.54, 1.807) is 26.9 Å². The van der Waals surface area contributed by atoms with Crippen molar-refractivity contribution in [1.82, 2.24) is 29.4 Å². The van der Waals surface area contributed by atoms with Crippen LogP contribution in [0, 0.1) is 0 Å². The number of thiophene rings is 1. The first kappa shape index (κ1) is 13.4. The summed E-state index contributed by atoms with van der Waals surface area (Å²) in [5.41, 5.74) is 5.76. The first-order valence-electron chi connectivity index (χ1n) is 7.46. The lowest BCUT2D eigenvalue weighted by molar-refractivity contribution is 0.770. The van der Waals surface area contributed by atoms with Gasteiger partial charge >= 0.3 is 0 Å². The van der Waals surface area contributed by atoms with E-state index in [0.29, 0.717) is 0 Å². The van der Waals surface area contributed by atoms with Crippen molar-refractivity contribution in [2.24, 2.45) is 7.05 Å². The van der Waals surface area contributed by atoms with E-state index in [1.807, 2.05) is 37.6 Å². The lowest BCUT2D eigenvalue weighted by Gasteiger charge is -2.02. The Bertz CT molecular complexity index is 1180. The molecular weight excluding hydrogens is 320 g/mol. The molecule has 0 amide bonds. The Hall–Kier alpha value is -3.06.